The van der Waals surface area contributed by atoms with E-state index in [0.29, 0.717) is 10.4 Å². The van der Waals surface area contributed by atoms with Crippen molar-refractivity contribution in [3.05, 3.63) is 51.7 Å². The first-order chi connectivity index (χ1) is 12.0. The molecule has 0 fully saturated rings. The SMILES string of the molecule is Cc1ccc(C(=O)NCC(=O)NCCNC(=O)c2ccc(O)cc2)s1. The van der Waals surface area contributed by atoms with E-state index in [4.69, 9.17) is 5.11 Å². The van der Waals surface area contributed by atoms with E-state index in [9.17, 15) is 14.4 Å². The number of thiophene rings is 1. The molecule has 2 rings (SSSR count). The Morgan fingerprint density at radius 1 is 0.920 bits per heavy atom. The molecule has 4 N–H and O–H groups in total. The quantitative estimate of drug-likeness (QED) is 0.553. The lowest BCUT2D eigenvalue weighted by Gasteiger charge is -2.08. The smallest absolute Gasteiger partial charge is 0.261 e. The molecule has 3 amide bonds. The van der Waals surface area contributed by atoms with Gasteiger partial charge >= 0.3 is 0 Å². The fourth-order valence-electron chi connectivity index (χ4n) is 1.96. The number of rotatable bonds is 7. The van der Waals surface area contributed by atoms with Crippen molar-refractivity contribution in [1.82, 2.24) is 16.0 Å². The van der Waals surface area contributed by atoms with Gasteiger partial charge in [-0.2, -0.15) is 0 Å². The molecule has 25 heavy (non-hydrogen) atoms. The second-order valence-corrected chi connectivity index (χ2v) is 6.53. The minimum absolute atomic E-state index is 0.0866. The zero-order valence-electron chi connectivity index (χ0n) is 13.7. The number of hydrogen-bond donors (Lipinski definition) is 4. The second-order valence-electron chi connectivity index (χ2n) is 5.25. The Bertz CT molecular complexity index is 756. The number of aromatic hydroxyl groups is 1. The summed E-state index contributed by atoms with van der Waals surface area (Å²) < 4.78 is 0. The van der Waals surface area contributed by atoms with Gasteiger partial charge in [-0.15, -0.1) is 11.3 Å². The van der Waals surface area contributed by atoms with Crippen LogP contribution in [0.25, 0.3) is 0 Å². The standard InChI is InChI=1S/C17H19N3O4S/c1-11-2-7-14(25-11)17(24)20-10-15(22)18-8-9-19-16(23)12-3-5-13(21)6-4-12/h2-7,21H,8-10H2,1H3,(H,18,22)(H,19,23)(H,20,24). The highest BCUT2D eigenvalue weighted by Crippen LogP contribution is 2.14. The average Bonchev–Trinajstić information content (AvgIpc) is 3.03. The third-order valence-corrected chi connectivity index (χ3v) is 4.24. The van der Waals surface area contributed by atoms with Gasteiger partial charge in [0.2, 0.25) is 5.91 Å². The maximum absolute atomic E-state index is 11.8. The van der Waals surface area contributed by atoms with Gasteiger partial charge in [-0.3, -0.25) is 14.4 Å². The molecule has 7 nitrogen and oxygen atoms in total. The lowest BCUT2D eigenvalue weighted by molar-refractivity contribution is -0.120. The van der Waals surface area contributed by atoms with Gasteiger partial charge in [-0.25, -0.2) is 0 Å². The Morgan fingerprint density at radius 2 is 1.60 bits per heavy atom. The minimum atomic E-state index is -0.333. The van der Waals surface area contributed by atoms with Gasteiger partial charge in [-0.05, 0) is 43.3 Å². The van der Waals surface area contributed by atoms with E-state index in [1.54, 1.807) is 6.07 Å². The molecule has 0 aliphatic carbocycles. The summed E-state index contributed by atoms with van der Waals surface area (Å²) in [7, 11) is 0. The second kappa shape index (κ2) is 8.84. The van der Waals surface area contributed by atoms with Gasteiger partial charge in [0.1, 0.15) is 5.75 Å². The number of carbonyl (C=O) groups excluding carboxylic acids is 3. The van der Waals surface area contributed by atoms with Gasteiger partial charge in [-0.1, -0.05) is 0 Å². The topological polar surface area (TPSA) is 108 Å². The molecule has 0 spiro atoms. The Morgan fingerprint density at radius 3 is 2.24 bits per heavy atom. The number of amides is 3. The van der Waals surface area contributed by atoms with E-state index in [1.807, 2.05) is 13.0 Å². The maximum atomic E-state index is 11.8. The summed E-state index contributed by atoms with van der Waals surface area (Å²) in [4.78, 5) is 36.9. The molecule has 8 heteroatoms. The van der Waals surface area contributed by atoms with Crippen molar-refractivity contribution in [3.8, 4) is 5.75 Å². The third-order valence-electron chi connectivity index (χ3n) is 3.24. The predicted molar refractivity (Wildman–Crippen MR) is 94.8 cm³/mol. The fourth-order valence-corrected chi connectivity index (χ4v) is 2.74. The van der Waals surface area contributed by atoms with Crippen LogP contribution < -0.4 is 16.0 Å². The van der Waals surface area contributed by atoms with E-state index in [2.05, 4.69) is 16.0 Å². The van der Waals surface area contributed by atoms with Crippen LogP contribution in [0, 0.1) is 6.92 Å². The molecule has 2 aromatic rings. The predicted octanol–water partition coefficient (Wildman–Crippen LogP) is 1.04. The summed E-state index contributed by atoms with van der Waals surface area (Å²) in [5.74, 6) is -0.825. The molecule has 1 aromatic carbocycles. The van der Waals surface area contributed by atoms with Crippen molar-refractivity contribution in [1.29, 1.82) is 0 Å². The average molecular weight is 361 g/mol. The first-order valence-electron chi connectivity index (χ1n) is 7.64. The van der Waals surface area contributed by atoms with Gasteiger partial charge in [0.25, 0.3) is 11.8 Å². The Kier molecular flexibility index (Phi) is 6.53. The molecule has 0 aliphatic heterocycles. The van der Waals surface area contributed by atoms with E-state index in [-0.39, 0.29) is 43.1 Å². The third kappa shape index (κ3) is 5.92. The fraction of sp³-hybridized carbons (Fsp3) is 0.235. The molecule has 132 valence electrons. The van der Waals surface area contributed by atoms with Crippen LogP contribution in [0.3, 0.4) is 0 Å². The summed E-state index contributed by atoms with van der Waals surface area (Å²) in [6, 6.07) is 9.42. The van der Waals surface area contributed by atoms with Crippen LogP contribution in [0.2, 0.25) is 0 Å². The number of carbonyl (C=O) groups is 3. The Labute approximate surface area is 149 Å². The van der Waals surface area contributed by atoms with Crippen LogP contribution in [-0.4, -0.2) is 42.5 Å². The number of aryl methyl sites for hydroxylation is 1. The monoisotopic (exact) mass is 361 g/mol. The highest BCUT2D eigenvalue weighted by atomic mass is 32.1. The van der Waals surface area contributed by atoms with Gasteiger partial charge in [0, 0.05) is 23.5 Å². The number of phenolic OH excluding ortho intramolecular Hbond substituents is 1. The summed E-state index contributed by atoms with van der Waals surface area (Å²) in [6.07, 6.45) is 0. The largest absolute Gasteiger partial charge is 0.508 e. The highest BCUT2D eigenvalue weighted by Gasteiger charge is 2.10. The van der Waals surface area contributed by atoms with E-state index in [0.717, 1.165) is 4.88 Å². The number of benzene rings is 1. The molecule has 0 saturated heterocycles. The van der Waals surface area contributed by atoms with Crippen molar-refractivity contribution in [2.24, 2.45) is 0 Å². The lowest BCUT2D eigenvalue weighted by atomic mass is 10.2. The molecule has 0 radical (unpaired) electrons. The van der Waals surface area contributed by atoms with Crippen molar-refractivity contribution in [2.45, 2.75) is 6.92 Å². The van der Waals surface area contributed by atoms with Crippen molar-refractivity contribution in [2.75, 3.05) is 19.6 Å². The van der Waals surface area contributed by atoms with E-state index < -0.39 is 0 Å². The zero-order chi connectivity index (χ0) is 18.2. The summed E-state index contributed by atoms with van der Waals surface area (Å²) in [5, 5.41) is 17.0. The molecule has 0 bridgehead atoms. The first-order valence-corrected chi connectivity index (χ1v) is 8.46. The van der Waals surface area contributed by atoms with Crippen molar-refractivity contribution >= 4 is 29.1 Å². The first kappa shape index (κ1) is 18.5. The van der Waals surface area contributed by atoms with Crippen LogP contribution in [0.4, 0.5) is 0 Å². The number of phenols is 1. The molecule has 1 heterocycles. The maximum Gasteiger partial charge on any atom is 0.261 e. The Balaban J connectivity index is 1.62. The van der Waals surface area contributed by atoms with Crippen molar-refractivity contribution < 1.29 is 19.5 Å². The molecule has 0 aliphatic rings. The molecular weight excluding hydrogens is 342 g/mol. The van der Waals surface area contributed by atoms with Gasteiger partial charge in [0.15, 0.2) is 0 Å². The zero-order valence-corrected chi connectivity index (χ0v) is 14.5. The Hall–Kier alpha value is -2.87. The molecule has 0 atom stereocenters. The van der Waals surface area contributed by atoms with E-state index >= 15 is 0 Å². The van der Waals surface area contributed by atoms with Crippen LogP contribution in [-0.2, 0) is 4.79 Å². The van der Waals surface area contributed by atoms with Crippen LogP contribution in [0.1, 0.15) is 24.9 Å². The van der Waals surface area contributed by atoms with Crippen LogP contribution in [0.5, 0.6) is 5.75 Å². The van der Waals surface area contributed by atoms with E-state index in [1.165, 1.54) is 35.6 Å². The molecular formula is C17H19N3O4S. The normalized spacial score (nSPS) is 10.1. The molecule has 0 unspecified atom stereocenters. The minimum Gasteiger partial charge on any atom is -0.508 e. The summed E-state index contributed by atoms with van der Waals surface area (Å²) in [6.45, 7) is 2.28. The number of nitrogens with one attached hydrogen (secondary N) is 3. The molecule has 0 saturated carbocycles. The summed E-state index contributed by atoms with van der Waals surface area (Å²) in [5.41, 5.74) is 0.419. The lowest BCUT2D eigenvalue weighted by Crippen LogP contribution is -2.40. The van der Waals surface area contributed by atoms with Gasteiger partial charge < -0.3 is 21.1 Å². The van der Waals surface area contributed by atoms with Gasteiger partial charge in [0.05, 0.1) is 11.4 Å². The molecule has 1 aromatic heterocycles. The summed E-state index contributed by atoms with van der Waals surface area (Å²) >= 11 is 1.36. The van der Waals surface area contributed by atoms with Crippen molar-refractivity contribution in [3.63, 3.8) is 0 Å². The van der Waals surface area contributed by atoms with Crippen LogP contribution >= 0.6 is 11.3 Å². The highest BCUT2D eigenvalue weighted by molar-refractivity contribution is 7.13. The van der Waals surface area contributed by atoms with Crippen LogP contribution in [0.15, 0.2) is 36.4 Å². The number of hydrogen-bond acceptors (Lipinski definition) is 5.